The molecule has 2 unspecified atom stereocenters. The first-order chi connectivity index (χ1) is 10.8. The lowest BCUT2D eigenvalue weighted by Crippen LogP contribution is -2.57. The maximum atomic E-state index is 12.1. The Labute approximate surface area is 136 Å². The van der Waals surface area contributed by atoms with Crippen LogP contribution in [0.15, 0.2) is 0 Å². The molecule has 8 nitrogen and oxygen atoms in total. The summed E-state index contributed by atoms with van der Waals surface area (Å²) >= 11 is 0. The average molecular weight is 329 g/mol. The van der Waals surface area contributed by atoms with Gasteiger partial charge in [-0.25, -0.2) is 9.59 Å². The molecule has 0 aromatic rings. The quantitative estimate of drug-likeness (QED) is 0.569. The molecule has 0 aromatic carbocycles. The third-order valence-electron chi connectivity index (χ3n) is 3.97. The van der Waals surface area contributed by atoms with E-state index in [0.29, 0.717) is 19.0 Å². The van der Waals surface area contributed by atoms with Crippen molar-refractivity contribution in [3.63, 3.8) is 0 Å². The fourth-order valence-corrected chi connectivity index (χ4v) is 2.88. The highest BCUT2D eigenvalue weighted by atomic mass is 16.8. The van der Waals surface area contributed by atoms with Crippen LogP contribution in [-0.2, 0) is 14.2 Å². The number of nitrogens with zero attached hydrogens (tertiary/aromatic N) is 2. The number of carbonyl (C=O) groups is 2. The van der Waals surface area contributed by atoms with Crippen molar-refractivity contribution in [1.82, 2.24) is 9.80 Å². The summed E-state index contributed by atoms with van der Waals surface area (Å²) in [5, 5.41) is 0. The molecular weight excluding hydrogens is 302 g/mol. The van der Waals surface area contributed by atoms with E-state index in [1.54, 1.807) is 20.8 Å². The van der Waals surface area contributed by atoms with E-state index in [1.165, 1.54) is 4.90 Å². The average Bonchev–Trinajstić information content (AvgIpc) is 2.45. The Morgan fingerprint density at radius 1 is 1.17 bits per heavy atom. The van der Waals surface area contributed by atoms with Gasteiger partial charge in [-0.05, 0) is 33.6 Å². The molecule has 2 heterocycles. The Morgan fingerprint density at radius 2 is 1.83 bits per heavy atom. The number of morpholine rings is 1. The minimum atomic E-state index is -0.995. The first kappa shape index (κ1) is 18.0. The summed E-state index contributed by atoms with van der Waals surface area (Å²) in [7, 11) is 0. The standard InChI is InChI=1S/C15H27N3O5/c1-15(2,3)23-14(20)22-13(19)18-5-4-11(10-12(18)16)17-6-8-21-9-7-17/h11-12H,4-10,16H2,1-3H3. The van der Waals surface area contributed by atoms with Crippen LogP contribution in [0.2, 0.25) is 0 Å². The molecule has 2 aliphatic rings. The van der Waals surface area contributed by atoms with Gasteiger partial charge in [0.1, 0.15) is 5.60 Å². The summed E-state index contributed by atoms with van der Waals surface area (Å²) in [5.74, 6) is 0. The van der Waals surface area contributed by atoms with Crippen molar-refractivity contribution in [2.24, 2.45) is 5.73 Å². The third kappa shape index (κ3) is 5.33. The highest BCUT2D eigenvalue weighted by Crippen LogP contribution is 2.21. The second-order valence-corrected chi connectivity index (χ2v) is 6.92. The van der Waals surface area contributed by atoms with E-state index in [9.17, 15) is 9.59 Å². The van der Waals surface area contributed by atoms with Gasteiger partial charge in [0.05, 0.1) is 19.4 Å². The predicted molar refractivity (Wildman–Crippen MR) is 82.8 cm³/mol. The minimum absolute atomic E-state index is 0.333. The van der Waals surface area contributed by atoms with Gasteiger partial charge in [-0.15, -0.1) is 0 Å². The van der Waals surface area contributed by atoms with Gasteiger partial charge in [0, 0.05) is 25.7 Å². The molecule has 2 aliphatic heterocycles. The van der Waals surface area contributed by atoms with Gasteiger partial charge in [0.25, 0.3) is 0 Å². The van der Waals surface area contributed by atoms with Crippen molar-refractivity contribution in [1.29, 1.82) is 0 Å². The SMILES string of the molecule is CC(C)(C)OC(=O)OC(=O)N1CCC(N2CCOCC2)CC1N. The normalized spacial score (nSPS) is 26.7. The summed E-state index contributed by atoms with van der Waals surface area (Å²) in [5.41, 5.74) is 5.39. The van der Waals surface area contributed by atoms with Crippen LogP contribution in [0.1, 0.15) is 33.6 Å². The Kier molecular flexibility index (Phi) is 5.83. The van der Waals surface area contributed by atoms with Crippen LogP contribution in [-0.4, -0.2) is 72.7 Å². The van der Waals surface area contributed by atoms with Crippen LogP contribution in [0.3, 0.4) is 0 Å². The number of piperidine rings is 1. The molecule has 23 heavy (non-hydrogen) atoms. The molecule has 0 spiro atoms. The largest absolute Gasteiger partial charge is 0.517 e. The first-order valence-corrected chi connectivity index (χ1v) is 8.05. The monoisotopic (exact) mass is 329 g/mol. The van der Waals surface area contributed by atoms with Gasteiger partial charge >= 0.3 is 12.2 Å². The van der Waals surface area contributed by atoms with Crippen LogP contribution in [0, 0.1) is 0 Å². The number of likely N-dealkylation sites (tertiary alicyclic amines) is 1. The van der Waals surface area contributed by atoms with E-state index in [2.05, 4.69) is 4.90 Å². The zero-order valence-corrected chi connectivity index (χ0v) is 14.1. The van der Waals surface area contributed by atoms with E-state index in [4.69, 9.17) is 19.9 Å². The van der Waals surface area contributed by atoms with Gasteiger partial charge in [0.15, 0.2) is 0 Å². The Balaban J connectivity index is 1.82. The van der Waals surface area contributed by atoms with E-state index in [-0.39, 0.29) is 0 Å². The number of rotatable bonds is 1. The number of carbonyl (C=O) groups excluding carboxylic acids is 2. The van der Waals surface area contributed by atoms with Crippen molar-refractivity contribution < 1.29 is 23.8 Å². The van der Waals surface area contributed by atoms with E-state index in [1.807, 2.05) is 0 Å². The van der Waals surface area contributed by atoms with E-state index < -0.39 is 24.0 Å². The minimum Gasteiger partial charge on any atom is -0.428 e. The zero-order chi connectivity index (χ0) is 17.0. The van der Waals surface area contributed by atoms with Crippen LogP contribution < -0.4 is 5.73 Å². The zero-order valence-electron chi connectivity index (χ0n) is 14.1. The molecule has 2 N–H and O–H groups in total. The summed E-state index contributed by atoms with van der Waals surface area (Å²) in [6.07, 6.45) is -0.746. The fraction of sp³-hybridized carbons (Fsp3) is 0.867. The van der Waals surface area contributed by atoms with Crippen molar-refractivity contribution in [2.75, 3.05) is 32.8 Å². The van der Waals surface area contributed by atoms with Crippen molar-refractivity contribution in [2.45, 2.75) is 51.4 Å². The third-order valence-corrected chi connectivity index (χ3v) is 3.97. The smallest absolute Gasteiger partial charge is 0.428 e. The lowest BCUT2D eigenvalue weighted by molar-refractivity contribution is -0.0178. The highest BCUT2D eigenvalue weighted by molar-refractivity contribution is 5.81. The van der Waals surface area contributed by atoms with Crippen LogP contribution in [0.5, 0.6) is 0 Å². The highest BCUT2D eigenvalue weighted by Gasteiger charge is 2.35. The van der Waals surface area contributed by atoms with E-state index in [0.717, 1.165) is 32.7 Å². The number of hydrogen-bond acceptors (Lipinski definition) is 7. The van der Waals surface area contributed by atoms with Crippen molar-refractivity contribution in [3.8, 4) is 0 Å². The summed E-state index contributed by atoms with van der Waals surface area (Å²) in [6, 6.07) is 0.333. The second-order valence-electron chi connectivity index (χ2n) is 6.92. The molecule has 0 aromatic heterocycles. The molecule has 0 saturated carbocycles. The fourth-order valence-electron chi connectivity index (χ4n) is 2.88. The molecular formula is C15H27N3O5. The lowest BCUT2D eigenvalue weighted by Gasteiger charge is -2.42. The van der Waals surface area contributed by atoms with Crippen molar-refractivity contribution in [3.05, 3.63) is 0 Å². The van der Waals surface area contributed by atoms with Crippen molar-refractivity contribution >= 4 is 12.2 Å². The molecule has 1 amide bonds. The molecule has 132 valence electrons. The predicted octanol–water partition coefficient (Wildman–Crippen LogP) is 1.14. The maximum Gasteiger partial charge on any atom is 0.517 e. The second kappa shape index (κ2) is 7.46. The van der Waals surface area contributed by atoms with Crippen LogP contribution >= 0.6 is 0 Å². The Hall–Kier alpha value is -1.38. The van der Waals surface area contributed by atoms with Gasteiger partial charge in [-0.1, -0.05) is 0 Å². The molecule has 0 aliphatic carbocycles. The van der Waals surface area contributed by atoms with Crippen LogP contribution in [0.25, 0.3) is 0 Å². The van der Waals surface area contributed by atoms with Crippen LogP contribution in [0.4, 0.5) is 9.59 Å². The molecule has 2 atom stereocenters. The van der Waals surface area contributed by atoms with Gasteiger partial charge in [-0.3, -0.25) is 9.80 Å². The molecule has 0 radical (unpaired) electrons. The van der Waals surface area contributed by atoms with E-state index >= 15 is 0 Å². The lowest BCUT2D eigenvalue weighted by atomic mass is 10.0. The van der Waals surface area contributed by atoms with Gasteiger partial charge in [0.2, 0.25) is 0 Å². The molecule has 0 bridgehead atoms. The Bertz CT molecular complexity index is 431. The number of amides is 1. The molecule has 2 saturated heterocycles. The summed E-state index contributed by atoms with van der Waals surface area (Å²) < 4.78 is 15.1. The Morgan fingerprint density at radius 3 is 2.39 bits per heavy atom. The topological polar surface area (TPSA) is 94.3 Å². The van der Waals surface area contributed by atoms with Gasteiger partial charge < -0.3 is 19.9 Å². The summed E-state index contributed by atoms with van der Waals surface area (Å²) in [6.45, 7) is 8.82. The molecule has 2 rings (SSSR count). The number of ether oxygens (including phenoxy) is 3. The van der Waals surface area contributed by atoms with Gasteiger partial charge in [-0.2, -0.15) is 0 Å². The molecule has 8 heteroatoms. The maximum absolute atomic E-state index is 12.1. The summed E-state index contributed by atoms with van der Waals surface area (Å²) in [4.78, 5) is 27.4. The molecule has 2 fully saturated rings. The number of hydrogen-bond donors (Lipinski definition) is 1. The number of nitrogens with two attached hydrogens (primary N) is 1. The first-order valence-electron chi connectivity index (χ1n) is 8.05.